The second-order valence-electron chi connectivity index (χ2n) is 7.72. The molecule has 2 rings (SSSR count). The first-order chi connectivity index (χ1) is 12.3. The minimum absolute atomic E-state index is 0.343. The van der Waals surface area contributed by atoms with Crippen LogP contribution in [-0.4, -0.2) is 11.1 Å². The number of unbranched alkanes of at least 4 members (excludes halogenated alkanes) is 2. The molecule has 0 aliphatic rings. The normalized spacial score (nSPS) is 11.3. The molecule has 0 aliphatic carbocycles. The summed E-state index contributed by atoms with van der Waals surface area (Å²) < 4.78 is 1.25. The predicted octanol–water partition coefficient (Wildman–Crippen LogP) is 5.85. The summed E-state index contributed by atoms with van der Waals surface area (Å²) in [6.45, 7) is 13.8. The monoisotopic (exact) mass is 458 g/mol. The first kappa shape index (κ1) is 21.3. The highest BCUT2D eigenvalue weighted by atomic mass is 127. The van der Waals surface area contributed by atoms with Gasteiger partial charge in [0.1, 0.15) is 0 Å². The van der Waals surface area contributed by atoms with Crippen molar-refractivity contribution in [3.63, 3.8) is 0 Å². The van der Waals surface area contributed by atoms with Crippen molar-refractivity contribution >= 4 is 40.2 Å². The number of hydrogen-bond donors (Lipinski definition) is 0. The maximum atomic E-state index is 2.47. The molecule has 0 unspecified atom stereocenters. The molecule has 0 nitrogen and oxygen atoms in total. The Labute approximate surface area is 174 Å². The van der Waals surface area contributed by atoms with Crippen LogP contribution in [0.1, 0.15) is 52.6 Å². The SMILES string of the molecule is Cc1cc(C)c(B(/C=C\CCCCI)c2c(C)cc(C)cc2C)c(C)c1. The highest BCUT2D eigenvalue weighted by molar-refractivity contribution is 14.1. The van der Waals surface area contributed by atoms with Crippen LogP contribution in [0.2, 0.25) is 0 Å². The number of benzene rings is 2. The van der Waals surface area contributed by atoms with Crippen LogP contribution in [-0.2, 0) is 0 Å². The molecule has 26 heavy (non-hydrogen) atoms. The quantitative estimate of drug-likeness (QED) is 0.212. The lowest BCUT2D eigenvalue weighted by Gasteiger charge is -2.22. The van der Waals surface area contributed by atoms with Gasteiger partial charge in [-0.15, -0.1) is 5.98 Å². The van der Waals surface area contributed by atoms with Crippen LogP contribution in [0.4, 0.5) is 0 Å². The fraction of sp³-hybridized carbons (Fsp3) is 0.417. The Morgan fingerprint density at radius 3 is 1.54 bits per heavy atom. The summed E-state index contributed by atoms with van der Waals surface area (Å²) in [5.74, 6) is 2.46. The zero-order chi connectivity index (χ0) is 19.3. The summed E-state index contributed by atoms with van der Waals surface area (Å²) in [5, 5.41) is 0. The first-order valence-electron chi connectivity index (χ1n) is 9.73. The van der Waals surface area contributed by atoms with Crippen molar-refractivity contribution in [2.24, 2.45) is 0 Å². The van der Waals surface area contributed by atoms with Crippen molar-refractivity contribution < 1.29 is 0 Å². The van der Waals surface area contributed by atoms with E-state index in [-0.39, 0.29) is 0 Å². The van der Waals surface area contributed by atoms with Gasteiger partial charge in [0.05, 0.1) is 0 Å². The Balaban J connectivity index is 2.54. The summed E-state index contributed by atoms with van der Waals surface area (Å²) in [7, 11) is 0. The Kier molecular flexibility index (Phi) is 8.00. The van der Waals surface area contributed by atoms with E-state index < -0.39 is 0 Å². The smallest absolute Gasteiger partial charge is 0.109 e. The van der Waals surface area contributed by atoms with E-state index in [9.17, 15) is 0 Å². The molecule has 0 aliphatic heterocycles. The van der Waals surface area contributed by atoms with Gasteiger partial charge >= 0.3 is 0 Å². The Bertz CT molecular complexity index is 685. The van der Waals surface area contributed by atoms with E-state index in [4.69, 9.17) is 0 Å². The van der Waals surface area contributed by atoms with Gasteiger partial charge in [0.15, 0.2) is 0 Å². The molecule has 0 aromatic heterocycles. The molecule has 0 radical (unpaired) electrons. The molecule has 2 aromatic rings. The number of alkyl halides is 1. The van der Waals surface area contributed by atoms with Crippen molar-refractivity contribution in [1.82, 2.24) is 0 Å². The van der Waals surface area contributed by atoms with Gasteiger partial charge in [-0.3, -0.25) is 0 Å². The van der Waals surface area contributed by atoms with E-state index in [2.05, 4.69) is 100 Å². The largest absolute Gasteiger partial charge is 0.235 e. The van der Waals surface area contributed by atoms with Gasteiger partial charge in [-0.25, -0.2) is 0 Å². The van der Waals surface area contributed by atoms with Gasteiger partial charge in [-0.05, 0) is 65.2 Å². The number of aryl methyl sites for hydroxylation is 6. The number of hydrogen-bond acceptors (Lipinski definition) is 0. The average Bonchev–Trinajstić information content (AvgIpc) is 2.52. The van der Waals surface area contributed by atoms with Crippen molar-refractivity contribution in [1.29, 1.82) is 0 Å². The maximum Gasteiger partial charge on any atom is 0.235 e. The van der Waals surface area contributed by atoms with Crippen LogP contribution in [0.15, 0.2) is 36.3 Å². The molecule has 0 heterocycles. The van der Waals surface area contributed by atoms with Crippen molar-refractivity contribution in [3.05, 3.63) is 69.7 Å². The molecule has 0 spiro atoms. The highest BCUT2D eigenvalue weighted by Gasteiger charge is 2.23. The van der Waals surface area contributed by atoms with Gasteiger partial charge in [-0.2, -0.15) is 0 Å². The minimum Gasteiger partial charge on any atom is -0.109 e. The van der Waals surface area contributed by atoms with Gasteiger partial charge in [0.2, 0.25) is 6.71 Å². The van der Waals surface area contributed by atoms with Gasteiger partial charge in [-0.1, -0.05) is 97.2 Å². The summed E-state index contributed by atoms with van der Waals surface area (Å²) in [4.78, 5) is 0. The third kappa shape index (κ3) is 5.25. The van der Waals surface area contributed by atoms with E-state index >= 15 is 0 Å². The molecular weight excluding hydrogens is 426 g/mol. The summed E-state index contributed by atoms with van der Waals surface area (Å²) >= 11 is 2.47. The van der Waals surface area contributed by atoms with E-state index in [1.54, 1.807) is 0 Å². The fourth-order valence-electron chi connectivity index (χ4n) is 4.29. The van der Waals surface area contributed by atoms with E-state index in [0.29, 0.717) is 6.71 Å². The Morgan fingerprint density at radius 2 is 1.15 bits per heavy atom. The fourth-order valence-corrected chi connectivity index (χ4v) is 4.83. The maximum absolute atomic E-state index is 2.47. The summed E-state index contributed by atoms with van der Waals surface area (Å²) in [5.41, 5.74) is 11.3. The van der Waals surface area contributed by atoms with Crippen molar-refractivity contribution in [2.45, 2.75) is 60.8 Å². The molecule has 0 N–H and O–H groups in total. The third-order valence-corrected chi connectivity index (χ3v) is 5.94. The molecule has 0 atom stereocenters. The number of rotatable bonds is 7. The van der Waals surface area contributed by atoms with Gasteiger partial charge < -0.3 is 0 Å². The molecule has 0 amide bonds. The van der Waals surface area contributed by atoms with Crippen LogP contribution in [0.25, 0.3) is 0 Å². The molecular formula is C24H32BI. The Hall–Kier alpha value is -1.03. The molecule has 2 heteroatoms. The summed E-state index contributed by atoms with van der Waals surface area (Å²) in [6, 6.07) is 9.33. The van der Waals surface area contributed by atoms with E-state index in [1.165, 1.54) is 68.0 Å². The van der Waals surface area contributed by atoms with Crippen LogP contribution >= 0.6 is 22.6 Å². The predicted molar refractivity (Wildman–Crippen MR) is 128 cm³/mol. The second-order valence-corrected chi connectivity index (χ2v) is 8.79. The molecule has 0 bridgehead atoms. The van der Waals surface area contributed by atoms with Crippen LogP contribution < -0.4 is 10.9 Å². The molecule has 2 aromatic carbocycles. The van der Waals surface area contributed by atoms with Crippen molar-refractivity contribution in [3.8, 4) is 0 Å². The average molecular weight is 458 g/mol. The standard InChI is InChI=1S/C24H32BI/c1-17-13-19(3)23(20(4)14-17)25(11-9-7-8-10-12-26)24-21(5)15-18(2)16-22(24)6/h9,11,13-16H,7-8,10,12H2,1-6H3/b11-9-. The highest BCUT2D eigenvalue weighted by Crippen LogP contribution is 2.13. The lowest BCUT2D eigenvalue weighted by Crippen LogP contribution is -2.46. The molecule has 0 saturated heterocycles. The lowest BCUT2D eigenvalue weighted by molar-refractivity contribution is 0.831. The number of halogens is 1. The van der Waals surface area contributed by atoms with E-state index in [1.807, 2.05) is 0 Å². The van der Waals surface area contributed by atoms with Gasteiger partial charge in [0, 0.05) is 0 Å². The second kappa shape index (κ2) is 9.78. The topological polar surface area (TPSA) is 0 Å². The molecule has 0 saturated carbocycles. The third-order valence-electron chi connectivity index (χ3n) is 5.18. The van der Waals surface area contributed by atoms with E-state index in [0.717, 1.165) is 0 Å². The van der Waals surface area contributed by atoms with Crippen LogP contribution in [0, 0.1) is 41.5 Å². The Morgan fingerprint density at radius 1 is 0.731 bits per heavy atom. The molecule has 0 fully saturated rings. The summed E-state index contributed by atoms with van der Waals surface area (Å²) in [6.07, 6.45) is 6.17. The van der Waals surface area contributed by atoms with Crippen LogP contribution in [0.5, 0.6) is 0 Å². The minimum atomic E-state index is 0.343. The molecule has 138 valence electrons. The van der Waals surface area contributed by atoms with Crippen LogP contribution in [0.3, 0.4) is 0 Å². The zero-order valence-corrected chi connectivity index (χ0v) is 19.4. The number of allylic oxidation sites excluding steroid dienone is 1. The lowest BCUT2D eigenvalue weighted by atomic mass is 9.37. The zero-order valence-electron chi connectivity index (χ0n) is 17.2. The van der Waals surface area contributed by atoms with Crippen molar-refractivity contribution in [2.75, 3.05) is 4.43 Å². The van der Waals surface area contributed by atoms with Gasteiger partial charge in [0.25, 0.3) is 0 Å². The first-order valence-corrected chi connectivity index (χ1v) is 11.3.